The molecule has 0 aliphatic carbocycles. The second-order valence-electron chi connectivity index (χ2n) is 7.40. The van der Waals surface area contributed by atoms with Crippen molar-refractivity contribution in [3.8, 4) is 5.75 Å². The van der Waals surface area contributed by atoms with Crippen LogP contribution in [0.2, 0.25) is 0 Å². The second-order valence-corrected chi connectivity index (χ2v) is 7.40. The van der Waals surface area contributed by atoms with Gasteiger partial charge in [0.05, 0.1) is 19.3 Å². The van der Waals surface area contributed by atoms with Gasteiger partial charge < -0.3 is 15.0 Å². The molecule has 1 aliphatic heterocycles. The third-order valence-corrected chi connectivity index (χ3v) is 5.10. The largest absolute Gasteiger partial charge is 0.494 e. The molecule has 2 heterocycles. The van der Waals surface area contributed by atoms with Gasteiger partial charge in [0.1, 0.15) is 5.75 Å². The highest BCUT2D eigenvalue weighted by Crippen LogP contribution is 2.26. The number of aromatic nitrogens is 2. The third kappa shape index (κ3) is 5.50. The molecule has 2 aromatic rings. The molecule has 1 aromatic carbocycles. The molecule has 28 heavy (non-hydrogen) atoms. The van der Waals surface area contributed by atoms with Gasteiger partial charge in [-0.3, -0.25) is 4.68 Å². The van der Waals surface area contributed by atoms with E-state index >= 15 is 0 Å². The zero-order valence-electron chi connectivity index (χ0n) is 17.4. The maximum atomic E-state index is 5.82. The minimum Gasteiger partial charge on any atom is -0.494 e. The van der Waals surface area contributed by atoms with E-state index in [4.69, 9.17) is 9.73 Å². The number of unbranched alkanes of at least 4 members (excludes halogenated alkanes) is 1. The first kappa shape index (κ1) is 20.2. The summed E-state index contributed by atoms with van der Waals surface area (Å²) in [6, 6.07) is 8.29. The Balaban J connectivity index is 1.62. The van der Waals surface area contributed by atoms with Crippen LogP contribution < -0.4 is 10.1 Å². The number of hydrogen-bond acceptors (Lipinski definition) is 3. The summed E-state index contributed by atoms with van der Waals surface area (Å²) in [5, 5.41) is 7.77. The lowest BCUT2D eigenvalue weighted by Gasteiger charge is -2.21. The van der Waals surface area contributed by atoms with E-state index in [1.807, 2.05) is 30.1 Å². The van der Waals surface area contributed by atoms with Crippen molar-refractivity contribution in [3.05, 3.63) is 47.8 Å². The van der Waals surface area contributed by atoms with E-state index in [1.54, 1.807) is 0 Å². The lowest BCUT2D eigenvalue weighted by molar-refractivity contribution is 0.309. The van der Waals surface area contributed by atoms with Gasteiger partial charge in [-0.1, -0.05) is 25.5 Å². The van der Waals surface area contributed by atoms with E-state index < -0.39 is 0 Å². The highest BCUT2D eigenvalue weighted by molar-refractivity contribution is 5.80. The molecular formula is C22H33N5O. The van der Waals surface area contributed by atoms with Crippen LogP contribution in [0.5, 0.6) is 5.75 Å². The molecule has 6 nitrogen and oxygen atoms in total. The number of hydrogen-bond donors (Lipinski definition) is 1. The molecule has 1 unspecified atom stereocenters. The molecule has 0 spiro atoms. The average molecular weight is 384 g/mol. The molecule has 1 N–H and O–H groups in total. The summed E-state index contributed by atoms with van der Waals surface area (Å²) < 4.78 is 7.71. The number of nitrogens with one attached hydrogen (secondary N) is 1. The maximum Gasteiger partial charge on any atom is 0.194 e. The first-order chi connectivity index (χ1) is 13.7. The zero-order chi connectivity index (χ0) is 19.8. The third-order valence-electron chi connectivity index (χ3n) is 5.10. The Morgan fingerprint density at radius 1 is 1.36 bits per heavy atom. The molecule has 0 radical (unpaired) electrons. The van der Waals surface area contributed by atoms with Crippen molar-refractivity contribution in [1.82, 2.24) is 20.0 Å². The van der Waals surface area contributed by atoms with Gasteiger partial charge in [-0.05, 0) is 43.0 Å². The fourth-order valence-corrected chi connectivity index (χ4v) is 3.54. The van der Waals surface area contributed by atoms with Crippen LogP contribution in [0.15, 0.2) is 41.7 Å². The van der Waals surface area contributed by atoms with Crippen LogP contribution in [-0.2, 0) is 13.6 Å². The summed E-state index contributed by atoms with van der Waals surface area (Å²) >= 11 is 0. The fourth-order valence-electron chi connectivity index (χ4n) is 3.54. The monoisotopic (exact) mass is 383 g/mol. The molecular weight excluding hydrogens is 350 g/mol. The van der Waals surface area contributed by atoms with Gasteiger partial charge in [0.2, 0.25) is 0 Å². The number of guanidine groups is 1. The average Bonchev–Trinajstić information content (AvgIpc) is 3.35. The second kappa shape index (κ2) is 10.2. The van der Waals surface area contributed by atoms with Crippen LogP contribution in [0.1, 0.15) is 50.2 Å². The number of aliphatic imine (C=N–C) groups is 1. The Hall–Kier alpha value is -2.50. The highest BCUT2D eigenvalue weighted by Gasteiger charge is 2.26. The van der Waals surface area contributed by atoms with E-state index in [2.05, 4.69) is 47.5 Å². The molecule has 1 fully saturated rings. The SMILES string of the molecule is CCCCOc1cccc(CN=C(NCC)N2CCC(c3cnn(C)c3)C2)c1. The van der Waals surface area contributed by atoms with Crippen molar-refractivity contribution in [2.45, 2.75) is 45.6 Å². The molecule has 6 heteroatoms. The van der Waals surface area contributed by atoms with E-state index in [1.165, 1.54) is 11.1 Å². The maximum absolute atomic E-state index is 5.82. The molecule has 0 amide bonds. The van der Waals surface area contributed by atoms with Gasteiger partial charge in [-0.15, -0.1) is 0 Å². The fraction of sp³-hybridized carbons (Fsp3) is 0.545. The predicted octanol–water partition coefficient (Wildman–Crippen LogP) is 3.55. The van der Waals surface area contributed by atoms with Crippen LogP contribution in [0.4, 0.5) is 0 Å². The molecule has 1 saturated heterocycles. The standard InChI is InChI=1S/C22H33N5O/c1-4-6-12-28-21-9-7-8-18(13-21)14-24-22(23-5-2)27-11-10-19(17-27)20-15-25-26(3)16-20/h7-9,13,15-16,19H,4-6,10-12,14,17H2,1-3H3,(H,23,24). The van der Waals surface area contributed by atoms with Gasteiger partial charge in [0.15, 0.2) is 5.96 Å². The van der Waals surface area contributed by atoms with Crippen molar-refractivity contribution in [1.29, 1.82) is 0 Å². The summed E-state index contributed by atoms with van der Waals surface area (Å²) in [5.41, 5.74) is 2.49. The molecule has 3 rings (SSSR count). The summed E-state index contributed by atoms with van der Waals surface area (Å²) in [5.74, 6) is 2.45. The Morgan fingerprint density at radius 2 is 2.25 bits per heavy atom. The zero-order valence-corrected chi connectivity index (χ0v) is 17.4. The minimum atomic E-state index is 0.521. The van der Waals surface area contributed by atoms with Crippen LogP contribution in [-0.4, -0.2) is 46.9 Å². The number of aryl methyl sites for hydroxylation is 1. The van der Waals surface area contributed by atoms with Gasteiger partial charge in [-0.25, -0.2) is 4.99 Å². The summed E-state index contributed by atoms with van der Waals surface area (Å²) in [4.78, 5) is 7.26. The number of nitrogens with zero attached hydrogens (tertiary/aromatic N) is 4. The lowest BCUT2D eigenvalue weighted by Crippen LogP contribution is -2.40. The normalized spacial score (nSPS) is 17.2. The van der Waals surface area contributed by atoms with Crippen LogP contribution in [0.3, 0.4) is 0 Å². The van der Waals surface area contributed by atoms with Crippen molar-refractivity contribution in [2.24, 2.45) is 12.0 Å². The Labute approximate surface area is 168 Å². The number of rotatable bonds is 8. The van der Waals surface area contributed by atoms with Gasteiger partial charge in [0, 0.05) is 38.8 Å². The minimum absolute atomic E-state index is 0.521. The van der Waals surface area contributed by atoms with Gasteiger partial charge in [0.25, 0.3) is 0 Å². The molecule has 1 atom stereocenters. The van der Waals surface area contributed by atoms with E-state index in [-0.39, 0.29) is 0 Å². The van der Waals surface area contributed by atoms with Crippen molar-refractivity contribution in [2.75, 3.05) is 26.2 Å². The number of ether oxygens (including phenoxy) is 1. The summed E-state index contributed by atoms with van der Waals surface area (Å²) in [7, 11) is 1.97. The molecule has 1 aromatic heterocycles. The van der Waals surface area contributed by atoms with E-state index in [0.29, 0.717) is 12.5 Å². The quantitative estimate of drug-likeness (QED) is 0.430. The predicted molar refractivity (Wildman–Crippen MR) is 114 cm³/mol. The van der Waals surface area contributed by atoms with E-state index in [0.717, 1.165) is 57.2 Å². The molecule has 1 aliphatic rings. The van der Waals surface area contributed by atoms with Crippen molar-refractivity contribution < 1.29 is 4.74 Å². The Kier molecular flexibility index (Phi) is 7.34. The van der Waals surface area contributed by atoms with Gasteiger partial charge >= 0.3 is 0 Å². The number of benzene rings is 1. The van der Waals surface area contributed by atoms with Crippen LogP contribution >= 0.6 is 0 Å². The summed E-state index contributed by atoms with van der Waals surface area (Å²) in [6.45, 7) is 8.59. The smallest absolute Gasteiger partial charge is 0.194 e. The number of likely N-dealkylation sites (tertiary alicyclic amines) is 1. The first-order valence-corrected chi connectivity index (χ1v) is 10.4. The van der Waals surface area contributed by atoms with Crippen molar-refractivity contribution >= 4 is 5.96 Å². The summed E-state index contributed by atoms with van der Waals surface area (Å²) in [6.07, 6.45) is 7.48. The van der Waals surface area contributed by atoms with Crippen LogP contribution in [0, 0.1) is 0 Å². The first-order valence-electron chi connectivity index (χ1n) is 10.4. The lowest BCUT2D eigenvalue weighted by atomic mass is 10.0. The molecule has 0 saturated carbocycles. The Morgan fingerprint density at radius 3 is 3.00 bits per heavy atom. The Bertz CT molecular complexity index is 770. The van der Waals surface area contributed by atoms with Crippen LogP contribution in [0.25, 0.3) is 0 Å². The molecule has 0 bridgehead atoms. The van der Waals surface area contributed by atoms with Gasteiger partial charge in [-0.2, -0.15) is 5.10 Å². The molecule has 152 valence electrons. The van der Waals surface area contributed by atoms with Crippen molar-refractivity contribution in [3.63, 3.8) is 0 Å². The highest BCUT2D eigenvalue weighted by atomic mass is 16.5. The topological polar surface area (TPSA) is 54.7 Å². The van der Waals surface area contributed by atoms with E-state index in [9.17, 15) is 0 Å².